The molecular formula is C12H14BrFO2. The number of aliphatic hydroxyl groups is 1. The summed E-state index contributed by atoms with van der Waals surface area (Å²) in [6.45, 7) is 1.15. The predicted molar refractivity (Wildman–Crippen MR) is 62.8 cm³/mol. The van der Waals surface area contributed by atoms with E-state index < -0.39 is 5.60 Å². The van der Waals surface area contributed by atoms with Crippen molar-refractivity contribution >= 4 is 15.9 Å². The van der Waals surface area contributed by atoms with Crippen molar-refractivity contribution in [2.75, 3.05) is 13.2 Å². The van der Waals surface area contributed by atoms with E-state index in [0.29, 0.717) is 36.9 Å². The van der Waals surface area contributed by atoms with Gasteiger partial charge >= 0.3 is 0 Å². The van der Waals surface area contributed by atoms with Gasteiger partial charge in [0.05, 0.1) is 10.1 Å². The SMILES string of the molecule is OC1(Cc2cccc(F)c2Br)CCOCC1. The lowest BCUT2D eigenvalue weighted by Crippen LogP contribution is -2.38. The highest BCUT2D eigenvalue weighted by Gasteiger charge is 2.30. The topological polar surface area (TPSA) is 29.5 Å². The van der Waals surface area contributed by atoms with Gasteiger partial charge in [-0.25, -0.2) is 4.39 Å². The zero-order chi connectivity index (χ0) is 11.6. The average Bonchev–Trinajstić information content (AvgIpc) is 2.26. The Labute approximate surface area is 103 Å². The molecule has 0 spiro atoms. The second-order valence-electron chi connectivity index (χ2n) is 4.23. The van der Waals surface area contributed by atoms with Crippen molar-refractivity contribution in [1.29, 1.82) is 0 Å². The van der Waals surface area contributed by atoms with Gasteiger partial charge in [0.25, 0.3) is 0 Å². The Balaban J connectivity index is 2.16. The Morgan fingerprint density at radius 1 is 1.38 bits per heavy atom. The Morgan fingerprint density at radius 3 is 2.75 bits per heavy atom. The number of hydrogen-bond acceptors (Lipinski definition) is 2. The molecule has 0 aliphatic carbocycles. The Kier molecular flexibility index (Phi) is 3.62. The minimum absolute atomic E-state index is 0.284. The van der Waals surface area contributed by atoms with Crippen LogP contribution in [-0.4, -0.2) is 23.9 Å². The molecule has 1 aliphatic heterocycles. The first kappa shape index (κ1) is 12.0. The molecule has 1 fully saturated rings. The van der Waals surface area contributed by atoms with E-state index in [4.69, 9.17) is 4.74 Å². The molecule has 1 heterocycles. The van der Waals surface area contributed by atoms with Gasteiger partial charge in [0, 0.05) is 19.6 Å². The molecule has 16 heavy (non-hydrogen) atoms. The summed E-state index contributed by atoms with van der Waals surface area (Å²) >= 11 is 3.21. The molecule has 2 rings (SSSR count). The maximum atomic E-state index is 13.3. The molecule has 0 aromatic heterocycles. The number of ether oxygens (including phenoxy) is 1. The average molecular weight is 289 g/mol. The number of halogens is 2. The third-order valence-electron chi connectivity index (χ3n) is 2.97. The molecule has 1 N–H and O–H groups in total. The lowest BCUT2D eigenvalue weighted by Gasteiger charge is -2.32. The third kappa shape index (κ3) is 2.62. The van der Waals surface area contributed by atoms with Crippen molar-refractivity contribution in [2.45, 2.75) is 24.9 Å². The van der Waals surface area contributed by atoms with Gasteiger partial charge in [0.2, 0.25) is 0 Å². The van der Waals surface area contributed by atoms with Crippen LogP contribution in [-0.2, 0) is 11.2 Å². The van der Waals surface area contributed by atoms with Crippen LogP contribution in [0.3, 0.4) is 0 Å². The summed E-state index contributed by atoms with van der Waals surface area (Å²) in [5.74, 6) is -0.284. The molecule has 1 aromatic rings. The normalized spacial score (nSPS) is 19.7. The van der Waals surface area contributed by atoms with Crippen LogP contribution in [0.15, 0.2) is 22.7 Å². The molecule has 0 bridgehead atoms. The molecule has 0 radical (unpaired) electrons. The van der Waals surface area contributed by atoms with Gasteiger partial charge in [-0.1, -0.05) is 12.1 Å². The van der Waals surface area contributed by atoms with E-state index in [9.17, 15) is 9.50 Å². The molecule has 1 aromatic carbocycles. The summed E-state index contributed by atoms with van der Waals surface area (Å²) in [7, 11) is 0. The van der Waals surface area contributed by atoms with Crippen LogP contribution in [0.1, 0.15) is 18.4 Å². The van der Waals surface area contributed by atoms with Crippen molar-refractivity contribution in [3.05, 3.63) is 34.1 Å². The fraction of sp³-hybridized carbons (Fsp3) is 0.500. The van der Waals surface area contributed by atoms with E-state index >= 15 is 0 Å². The summed E-state index contributed by atoms with van der Waals surface area (Å²) in [4.78, 5) is 0. The van der Waals surface area contributed by atoms with Crippen molar-refractivity contribution in [2.24, 2.45) is 0 Å². The second-order valence-corrected chi connectivity index (χ2v) is 5.02. The van der Waals surface area contributed by atoms with Gasteiger partial charge in [0.1, 0.15) is 5.82 Å². The van der Waals surface area contributed by atoms with E-state index in [1.165, 1.54) is 6.07 Å². The van der Waals surface area contributed by atoms with Gasteiger partial charge in [-0.15, -0.1) is 0 Å². The summed E-state index contributed by atoms with van der Waals surface area (Å²) < 4.78 is 19.0. The standard InChI is InChI=1S/C12H14BrFO2/c13-11-9(2-1-3-10(11)14)8-12(15)4-6-16-7-5-12/h1-3,15H,4-8H2. The fourth-order valence-corrected chi connectivity index (χ4v) is 2.37. The van der Waals surface area contributed by atoms with E-state index in [1.54, 1.807) is 6.07 Å². The molecule has 0 saturated carbocycles. The lowest BCUT2D eigenvalue weighted by molar-refractivity contribution is -0.0626. The van der Waals surface area contributed by atoms with Gasteiger partial charge in [-0.05, 0) is 40.4 Å². The number of rotatable bonds is 2. The van der Waals surface area contributed by atoms with Crippen molar-refractivity contribution < 1.29 is 14.2 Å². The van der Waals surface area contributed by atoms with Crippen molar-refractivity contribution in [1.82, 2.24) is 0 Å². The summed E-state index contributed by atoms with van der Waals surface area (Å²) in [5, 5.41) is 10.3. The van der Waals surface area contributed by atoms with E-state index in [2.05, 4.69) is 15.9 Å². The third-order valence-corrected chi connectivity index (χ3v) is 3.86. The first-order valence-electron chi connectivity index (χ1n) is 5.34. The monoisotopic (exact) mass is 288 g/mol. The molecule has 1 aliphatic rings. The van der Waals surface area contributed by atoms with Crippen LogP contribution in [0, 0.1) is 5.82 Å². The summed E-state index contributed by atoms with van der Waals surface area (Å²) in [6.07, 6.45) is 1.68. The molecule has 1 saturated heterocycles. The van der Waals surface area contributed by atoms with E-state index in [1.807, 2.05) is 6.07 Å². The summed E-state index contributed by atoms with van der Waals surface area (Å²) in [5.41, 5.74) is 0.0542. The maximum absolute atomic E-state index is 13.3. The highest BCUT2D eigenvalue weighted by molar-refractivity contribution is 9.10. The maximum Gasteiger partial charge on any atom is 0.137 e. The van der Waals surface area contributed by atoms with Gasteiger partial charge in [-0.2, -0.15) is 0 Å². The van der Waals surface area contributed by atoms with Gasteiger partial charge < -0.3 is 9.84 Å². The van der Waals surface area contributed by atoms with Crippen LogP contribution in [0.4, 0.5) is 4.39 Å². The van der Waals surface area contributed by atoms with Crippen LogP contribution < -0.4 is 0 Å². The molecule has 0 amide bonds. The quantitative estimate of drug-likeness (QED) is 0.907. The smallest absolute Gasteiger partial charge is 0.137 e. The van der Waals surface area contributed by atoms with E-state index in [0.717, 1.165) is 5.56 Å². The Bertz CT molecular complexity index is 375. The largest absolute Gasteiger partial charge is 0.389 e. The zero-order valence-electron chi connectivity index (χ0n) is 8.88. The molecule has 0 atom stereocenters. The van der Waals surface area contributed by atoms with Gasteiger partial charge in [0.15, 0.2) is 0 Å². The summed E-state index contributed by atoms with van der Waals surface area (Å²) in [6, 6.07) is 4.90. The van der Waals surface area contributed by atoms with E-state index in [-0.39, 0.29) is 5.82 Å². The molecule has 0 unspecified atom stereocenters. The first-order chi connectivity index (χ1) is 7.61. The van der Waals surface area contributed by atoms with Crippen LogP contribution in [0.25, 0.3) is 0 Å². The first-order valence-corrected chi connectivity index (χ1v) is 6.13. The molecular weight excluding hydrogens is 275 g/mol. The minimum Gasteiger partial charge on any atom is -0.389 e. The van der Waals surface area contributed by atoms with Crippen molar-refractivity contribution in [3.63, 3.8) is 0 Å². The van der Waals surface area contributed by atoms with Crippen LogP contribution >= 0.6 is 15.9 Å². The Hall–Kier alpha value is -0.450. The van der Waals surface area contributed by atoms with Crippen LogP contribution in [0.5, 0.6) is 0 Å². The highest BCUT2D eigenvalue weighted by Crippen LogP contribution is 2.29. The minimum atomic E-state index is -0.755. The predicted octanol–water partition coefficient (Wildman–Crippen LogP) is 2.67. The molecule has 4 heteroatoms. The Morgan fingerprint density at radius 2 is 2.06 bits per heavy atom. The highest BCUT2D eigenvalue weighted by atomic mass is 79.9. The van der Waals surface area contributed by atoms with Gasteiger partial charge in [-0.3, -0.25) is 0 Å². The zero-order valence-corrected chi connectivity index (χ0v) is 10.5. The molecule has 88 valence electrons. The number of hydrogen-bond donors (Lipinski definition) is 1. The fourth-order valence-electron chi connectivity index (χ4n) is 1.97. The second kappa shape index (κ2) is 4.82. The number of benzene rings is 1. The lowest BCUT2D eigenvalue weighted by atomic mass is 9.87. The van der Waals surface area contributed by atoms with Crippen LogP contribution in [0.2, 0.25) is 0 Å². The molecule has 2 nitrogen and oxygen atoms in total. The van der Waals surface area contributed by atoms with Crippen molar-refractivity contribution in [3.8, 4) is 0 Å².